The summed E-state index contributed by atoms with van der Waals surface area (Å²) in [4.78, 5) is 17.0. The number of aryl methyl sites for hydroxylation is 1. The molecule has 0 amide bonds. The Bertz CT molecular complexity index is 597. The fourth-order valence-corrected chi connectivity index (χ4v) is 3.67. The van der Waals surface area contributed by atoms with Gasteiger partial charge in [-0.25, -0.2) is 4.98 Å². The number of anilines is 1. The number of aromatic nitrogens is 1. The van der Waals surface area contributed by atoms with Crippen LogP contribution >= 0.6 is 34.3 Å². The van der Waals surface area contributed by atoms with Crippen molar-refractivity contribution in [3.8, 4) is 0 Å². The zero-order valence-corrected chi connectivity index (χ0v) is 14.3. The SMILES string of the molecule is CCOC(=O)CCc1csc(NC(C)c2ccc(Cl)s2)n1. The van der Waals surface area contributed by atoms with Gasteiger partial charge >= 0.3 is 5.97 Å². The number of nitrogens with zero attached hydrogens (tertiary/aromatic N) is 1. The number of thiazole rings is 1. The molecule has 1 N–H and O–H groups in total. The molecule has 0 saturated carbocycles. The van der Waals surface area contributed by atoms with E-state index in [2.05, 4.69) is 17.2 Å². The molecule has 2 heterocycles. The van der Waals surface area contributed by atoms with Gasteiger partial charge in [0.15, 0.2) is 5.13 Å². The van der Waals surface area contributed by atoms with Crippen LogP contribution in [-0.2, 0) is 16.0 Å². The molecule has 0 radical (unpaired) electrons. The minimum Gasteiger partial charge on any atom is -0.466 e. The number of ether oxygens (including phenoxy) is 1. The number of carbonyl (C=O) groups excluding carboxylic acids is 1. The van der Waals surface area contributed by atoms with E-state index >= 15 is 0 Å². The number of carbonyl (C=O) groups is 1. The summed E-state index contributed by atoms with van der Waals surface area (Å²) in [5.74, 6) is -0.179. The molecule has 1 unspecified atom stereocenters. The fraction of sp³-hybridized carbons (Fsp3) is 0.429. The van der Waals surface area contributed by atoms with Crippen LogP contribution in [0, 0.1) is 0 Å². The minimum atomic E-state index is -0.179. The van der Waals surface area contributed by atoms with Crippen LogP contribution in [0.25, 0.3) is 0 Å². The molecule has 2 aromatic rings. The van der Waals surface area contributed by atoms with Crippen LogP contribution < -0.4 is 5.32 Å². The van der Waals surface area contributed by atoms with Crippen LogP contribution in [0.2, 0.25) is 4.34 Å². The number of thiophene rings is 1. The molecule has 2 rings (SSSR count). The van der Waals surface area contributed by atoms with Crippen LogP contribution in [0.4, 0.5) is 5.13 Å². The van der Waals surface area contributed by atoms with Gasteiger partial charge in [0.25, 0.3) is 0 Å². The van der Waals surface area contributed by atoms with Gasteiger partial charge < -0.3 is 10.1 Å². The van der Waals surface area contributed by atoms with E-state index in [0.717, 1.165) is 15.2 Å². The summed E-state index contributed by atoms with van der Waals surface area (Å²) in [6, 6.07) is 4.07. The van der Waals surface area contributed by atoms with Crippen molar-refractivity contribution in [2.24, 2.45) is 0 Å². The molecule has 1 atom stereocenters. The first-order valence-electron chi connectivity index (χ1n) is 6.70. The first-order chi connectivity index (χ1) is 10.1. The van der Waals surface area contributed by atoms with Crippen molar-refractivity contribution in [2.45, 2.75) is 32.7 Å². The average Bonchev–Trinajstić information content (AvgIpc) is 3.06. The maximum atomic E-state index is 11.3. The molecule has 7 heteroatoms. The quantitative estimate of drug-likeness (QED) is 0.750. The highest BCUT2D eigenvalue weighted by atomic mass is 35.5. The topological polar surface area (TPSA) is 51.2 Å². The summed E-state index contributed by atoms with van der Waals surface area (Å²) in [7, 11) is 0. The smallest absolute Gasteiger partial charge is 0.306 e. The second-order valence-electron chi connectivity index (χ2n) is 4.46. The van der Waals surface area contributed by atoms with E-state index in [0.29, 0.717) is 19.4 Å². The molecule has 0 saturated heterocycles. The summed E-state index contributed by atoms with van der Waals surface area (Å²) in [5, 5.41) is 6.17. The third kappa shape index (κ3) is 4.98. The summed E-state index contributed by atoms with van der Waals surface area (Å²) in [5.41, 5.74) is 0.909. The molecule has 0 aliphatic heterocycles. The lowest BCUT2D eigenvalue weighted by Gasteiger charge is -2.10. The van der Waals surface area contributed by atoms with E-state index in [1.807, 2.05) is 17.5 Å². The monoisotopic (exact) mass is 344 g/mol. The van der Waals surface area contributed by atoms with Crippen molar-refractivity contribution in [2.75, 3.05) is 11.9 Å². The van der Waals surface area contributed by atoms with Gasteiger partial charge in [-0.2, -0.15) is 0 Å². The molecule has 114 valence electrons. The van der Waals surface area contributed by atoms with Gasteiger partial charge in [-0.1, -0.05) is 11.6 Å². The molecular weight excluding hydrogens is 328 g/mol. The highest BCUT2D eigenvalue weighted by Crippen LogP contribution is 2.29. The van der Waals surface area contributed by atoms with Crippen molar-refractivity contribution < 1.29 is 9.53 Å². The number of hydrogen-bond acceptors (Lipinski definition) is 6. The Morgan fingerprint density at radius 1 is 1.52 bits per heavy atom. The van der Waals surface area contributed by atoms with Gasteiger partial charge in [0.1, 0.15) is 0 Å². The lowest BCUT2D eigenvalue weighted by atomic mass is 10.2. The lowest BCUT2D eigenvalue weighted by molar-refractivity contribution is -0.143. The van der Waals surface area contributed by atoms with E-state index in [9.17, 15) is 4.79 Å². The molecule has 0 spiro atoms. The summed E-state index contributed by atoms with van der Waals surface area (Å²) in [6.45, 7) is 4.30. The fourth-order valence-electron chi connectivity index (χ4n) is 1.77. The van der Waals surface area contributed by atoms with Crippen LogP contribution in [-0.4, -0.2) is 17.6 Å². The molecule has 4 nitrogen and oxygen atoms in total. The van der Waals surface area contributed by atoms with E-state index in [4.69, 9.17) is 16.3 Å². The predicted molar refractivity (Wildman–Crippen MR) is 88.4 cm³/mol. The number of halogens is 1. The number of rotatable bonds is 7. The van der Waals surface area contributed by atoms with Gasteiger partial charge in [0.2, 0.25) is 0 Å². The summed E-state index contributed by atoms with van der Waals surface area (Å²) < 4.78 is 5.69. The van der Waals surface area contributed by atoms with Crippen molar-refractivity contribution in [3.63, 3.8) is 0 Å². The van der Waals surface area contributed by atoms with E-state index in [1.54, 1.807) is 29.6 Å². The third-order valence-corrected chi connectivity index (χ3v) is 5.04. The van der Waals surface area contributed by atoms with Crippen molar-refractivity contribution in [1.29, 1.82) is 0 Å². The molecule has 21 heavy (non-hydrogen) atoms. The number of esters is 1. The van der Waals surface area contributed by atoms with Crippen LogP contribution in [0.15, 0.2) is 17.5 Å². The standard InChI is InChI=1S/C14H17ClN2O2S2/c1-3-19-13(18)7-4-10-8-20-14(17-10)16-9(2)11-5-6-12(15)21-11/h5-6,8-9H,3-4,7H2,1-2H3,(H,16,17). The van der Waals surface area contributed by atoms with Gasteiger partial charge in [0, 0.05) is 16.7 Å². The third-order valence-electron chi connectivity index (χ3n) is 2.80. The molecule has 0 aliphatic carbocycles. The Morgan fingerprint density at radius 2 is 2.33 bits per heavy atom. The molecular formula is C14H17ClN2O2S2. The summed E-state index contributed by atoms with van der Waals surface area (Å²) in [6.07, 6.45) is 0.976. The highest BCUT2D eigenvalue weighted by molar-refractivity contribution is 7.16. The van der Waals surface area contributed by atoms with E-state index < -0.39 is 0 Å². The van der Waals surface area contributed by atoms with Crippen LogP contribution in [0.3, 0.4) is 0 Å². The first-order valence-corrected chi connectivity index (χ1v) is 8.77. The van der Waals surface area contributed by atoms with Gasteiger partial charge in [0.05, 0.1) is 29.1 Å². The highest BCUT2D eigenvalue weighted by Gasteiger charge is 2.11. The molecule has 0 bridgehead atoms. The van der Waals surface area contributed by atoms with Gasteiger partial charge in [-0.05, 0) is 26.0 Å². The van der Waals surface area contributed by atoms with E-state index in [-0.39, 0.29) is 12.0 Å². The zero-order valence-electron chi connectivity index (χ0n) is 11.9. The van der Waals surface area contributed by atoms with Crippen molar-refractivity contribution >= 4 is 45.4 Å². The maximum absolute atomic E-state index is 11.3. The minimum absolute atomic E-state index is 0.159. The Hall–Kier alpha value is -1.11. The Morgan fingerprint density at radius 3 is 3.00 bits per heavy atom. The van der Waals surface area contributed by atoms with Crippen LogP contribution in [0.1, 0.15) is 36.9 Å². The van der Waals surface area contributed by atoms with E-state index in [1.165, 1.54) is 4.88 Å². The average molecular weight is 345 g/mol. The largest absolute Gasteiger partial charge is 0.466 e. The molecule has 2 aromatic heterocycles. The van der Waals surface area contributed by atoms with Crippen molar-refractivity contribution in [1.82, 2.24) is 4.98 Å². The number of hydrogen-bond donors (Lipinski definition) is 1. The van der Waals surface area contributed by atoms with Crippen LogP contribution in [0.5, 0.6) is 0 Å². The second kappa shape index (κ2) is 7.77. The Balaban J connectivity index is 1.86. The lowest BCUT2D eigenvalue weighted by Crippen LogP contribution is -2.06. The van der Waals surface area contributed by atoms with Gasteiger partial charge in [-0.15, -0.1) is 22.7 Å². The maximum Gasteiger partial charge on any atom is 0.306 e. The zero-order chi connectivity index (χ0) is 15.2. The normalized spacial score (nSPS) is 12.1. The van der Waals surface area contributed by atoms with Gasteiger partial charge in [-0.3, -0.25) is 4.79 Å². The van der Waals surface area contributed by atoms with Crippen molar-refractivity contribution in [3.05, 3.63) is 32.4 Å². The Labute approximate surface area is 137 Å². The Kier molecular flexibility index (Phi) is 6.02. The second-order valence-corrected chi connectivity index (χ2v) is 7.06. The molecule has 0 aromatic carbocycles. The predicted octanol–water partition coefficient (Wildman–Crippen LogP) is 4.53. The first kappa shape index (κ1) is 16.3. The summed E-state index contributed by atoms with van der Waals surface area (Å²) >= 11 is 9.04. The molecule has 0 aliphatic rings. The number of nitrogens with one attached hydrogen (secondary N) is 1. The molecule has 0 fully saturated rings.